The van der Waals surface area contributed by atoms with Crippen LogP contribution in [0.4, 0.5) is 0 Å². The van der Waals surface area contributed by atoms with Crippen LogP contribution in [0.25, 0.3) is 0 Å². The normalized spacial score (nSPS) is 21.9. The molecule has 1 saturated heterocycles. The summed E-state index contributed by atoms with van der Waals surface area (Å²) in [7, 11) is 0. The van der Waals surface area contributed by atoms with Crippen LogP contribution in [0.5, 0.6) is 0 Å². The Hall–Kier alpha value is -1.59. The summed E-state index contributed by atoms with van der Waals surface area (Å²) in [5.41, 5.74) is 4.03. The van der Waals surface area contributed by atoms with Crippen molar-refractivity contribution in [1.29, 1.82) is 0 Å². The molecule has 15 heavy (non-hydrogen) atoms. The fourth-order valence-corrected chi connectivity index (χ4v) is 1.55. The minimum atomic E-state index is -1.12. The second-order valence-corrected chi connectivity index (χ2v) is 4.17. The molecule has 1 fully saturated rings. The zero-order valence-corrected chi connectivity index (χ0v) is 8.69. The molecule has 1 heterocycles. The minimum Gasteiger partial charge on any atom is -0.481 e. The molecule has 6 heteroatoms. The molecule has 0 aromatic heterocycles. The number of hydrogen-bond donors (Lipinski definition) is 2. The summed E-state index contributed by atoms with van der Waals surface area (Å²) in [5.74, 6) is -2.74. The van der Waals surface area contributed by atoms with Crippen molar-refractivity contribution in [2.24, 2.45) is 11.7 Å². The summed E-state index contributed by atoms with van der Waals surface area (Å²) in [6.45, 7) is 3.07. The maximum atomic E-state index is 11.5. The van der Waals surface area contributed by atoms with Crippen molar-refractivity contribution in [3.63, 3.8) is 0 Å². The third-order valence-corrected chi connectivity index (χ3v) is 2.75. The molecule has 0 bridgehead atoms. The Bertz CT molecular complexity index is 324. The number of carboxylic acids is 1. The van der Waals surface area contributed by atoms with Crippen LogP contribution in [-0.2, 0) is 14.4 Å². The molecule has 0 saturated carbocycles. The second kappa shape index (κ2) is 3.52. The molecule has 3 N–H and O–H groups in total. The molecule has 0 aromatic carbocycles. The van der Waals surface area contributed by atoms with Gasteiger partial charge in [-0.1, -0.05) is 0 Å². The second-order valence-electron chi connectivity index (χ2n) is 4.17. The van der Waals surface area contributed by atoms with Gasteiger partial charge in [0, 0.05) is 13.0 Å². The van der Waals surface area contributed by atoms with Gasteiger partial charge in [-0.15, -0.1) is 0 Å². The minimum absolute atomic E-state index is 0.0457. The Morgan fingerprint density at radius 1 is 1.53 bits per heavy atom. The number of carbonyl (C=O) groups excluding carboxylic acids is 2. The van der Waals surface area contributed by atoms with E-state index < -0.39 is 23.3 Å². The molecule has 0 radical (unpaired) electrons. The lowest BCUT2D eigenvalue weighted by Gasteiger charge is -2.32. The molecule has 2 amide bonds. The van der Waals surface area contributed by atoms with E-state index in [2.05, 4.69) is 0 Å². The standard InChI is InChI=1S/C9H14N2O4/c1-9(2,8(10)15)11-4-5(7(13)14)3-6(11)12/h5H,3-4H2,1-2H3,(H2,10,15)(H,13,14). The van der Waals surface area contributed by atoms with Crippen molar-refractivity contribution >= 4 is 17.8 Å². The van der Waals surface area contributed by atoms with E-state index >= 15 is 0 Å². The zero-order valence-electron chi connectivity index (χ0n) is 8.69. The van der Waals surface area contributed by atoms with E-state index in [-0.39, 0.29) is 18.9 Å². The summed E-state index contributed by atoms with van der Waals surface area (Å²) < 4.78 is 0. The summed E-state index contributed by atoms with van der Waals surface area (Å²) in [6.07, 6.45) is -0.0634. The van der Waals surface area contributed by atoms with Crippen LogP contribution in [0.3, 0.4) is 0 Å². The topological polar surface area (TPSA) is 101 Å². The number of hydrogen-bond acceptors (Lipinski definition) is 3. The summed E-state index contributed by atoms with van der Waals surface area (Å²) >= 11 is 0. The lowest BCUT2D eigenvalue weighted by Crippen LogP contribution is -2.54. The van der Waals surface area contributed by atoms with Gasteiger partial charge in [-0.05, 0) is 13.8 Å². The average molecular weight is 214 g/mol. The Labute approximate surface area is 87.0 Å². The van der Waals surface area contributed by atoms with Gasteiger partial charge < -0.3 is 15.7 Å². The quantitative estimate of drug-likeness (QED) is 0.641. The van der Waals surface area contributed by atoms with Crippen molar-refractivity contribution in [2.75, 3.05) is 6.54 Å². The van der Waals surface area contributed by atoms with Gasteiger partial charge in [-0.3, -0.25) is 14.4 Å². The predicted octanol–water partition coefficient (Wildman–Crippen LogP) is -0.817. The smallest absolute Gasteiger partial charge is 0.308 e. The van der Waals surface area contributed by atoms with E-state index in [1.807, 2.05) is 0 Å². The predicted molar refractivity (Wildman–Crippen MR) is 50.7 cm³/mol. The van der Waals surface area contributed by atoms with Gasteiger partial charge in [0.05, 0.1) is 5.92 Å². The van der Waals surface area contributed by atoms with Crippen LogP contribution in [0.15, 0.2) is 0 Å². The first-order chi connectivity index (χ1) is 6.76. The largest absolute Gasteiger partial charge is 0.481 e. The van der Waals surface area contributed by atoms with Crippen LogP contribution in [0, 0.1) is 5.92 Å². The van der Waals surface area contributed by atoms with Gasteiger partial charge in [0.15, 0.2) is 0 Å². The first-order valence-corrected chi connectivity index (χ1v) is 4.60. The van der Waals surface area contributed by atoms with Crippen LogP contribution < -0.4 is 5.73 Å². The van der Waals surface area contributed by atoms with E-state index in [9.17, 15) is 14.4 Å². The van der Waals surface area contributed by atoms with E-state index in [4.69, 9.17) is 10.8 Å². The van der Waals surface area contributed by atoms with Gasteiger partial charge in [0.1, 0.15) is 5.54 Å². The highest BCUT2D eigenvalue weighted by molar-refractivity contribution is 5.93. The Morgan fingerprint density at radius 2 is 2.07 bits per heavy atom. The number of nitrogens with two attached hydrogens (primary N) is 1. The molecule has 0 aromatic rings. The number of rotatable bonds is 3. The average Bonchev–Trinajstić information content (AvgIpc) is 2.47. The van der Waals surface area contributed by atoms with E-state index in [1.165, 1.54) is 18.7 Å². The van der Waals surface area contributed by atoms with Crippen LogP contribution >= 0.6 is 0 Å². The van der Waals surface area contributed by atoms with Crippen molar-refractivity contribution in [3.8, 4) is 0 Å². The monoisotopic (exact) mass is 214 g/mol. The van der Waals surface area contributed by atoms with Crippen molar-refractivity contribution < 1.29 is 19.5 Å². The Morgan fingerprint density at radius 3 is 2.40 bits per heavy atom. The van der Waals surface area contributed by atoms with Gasteiger partial charge in [-0.25, -0.2) is 0 Å². The molecular weight excluding hydrogens is 200 g/mol. The van der Waals surface area contributed by atoms with Crippen LogP contribution in [0.2, 0.25) is 0 Å². The van der Waals surface area contributed by atoms with Gasteiger partial charge in [-0.2, -0.15) is 0 Å². The summed E-state index contributed by atoms with van der Waals surface area (Å²) in [6, 6.07) is 0. The molecule has 84 valence electrons. The molecule has 1 atom stereocenters. The number of nitrogens with zero attached hydrogens (tertiary/aromatic N) is 1. The Kier molecular flexibility index (Phi) is 2.70. The number of primary amides is 1. The first-order valence-electron chi connectivity index (χ1n) is 4.60. The summed E-state index contributed by atoms with van der Waals surface area (Å²) in [4.78, 5) is 34.5. The number of carboxylic acid groups (broad SMARTS) is 1. The third kappa shape index (κ3) is 1.93. The molecule has 1 aliphatic rings. The molecule has 0 aliphatic carbocycles. The first kappa shape index (κ1) is 11.5. The zero-order chi connectivity index (χ0) is 11.8. The Balaban J connectivity index is 2.86. The lowest BCUT2D eigenvalue weighted by atomic mass is 10.0. The van der Waals surface area contributed by atoms with Crippen LogP contribution in [-0.4, -0.2) is 39.9 Å². The van der Waals surface area contributed by atoms with Crippen LogP contribution in [0.1, 0.15) is 20.3 Å². The molecule has 1 unspecified atom stereocenters. The summed E-state index contributed by atoms with van der Waals surface area (Å²) in [5, 5.41) is 8.76. The van der Waals surface area contributed by atoms with E-state index in [0.717, 1.165) is 0 Å². The molecule has 0 spiro atoms. The maximum absolute atomic E-state index is 11.5. The third-order valence-electron chi connectivity index (χ3n) is 2.75. The highest BCUT2D eigenvalue weighted by atomic mass is 16.4. The van der Waals surface area contributed by atoms with Gasteiger partial charge in [0.2, 0.25) is 11.8 Å². The highest BCUT2D eigenvalue weighted by Gasteiger charge is 2.44. The maximum Gasteiger partial charge on any atom is 0.308 e. The molecular formula is C9H14N2O4. The fraction of sp³-hybridized carbons (Fsp3) is 0.667. The highest BCUT2D eigenvalue weighted by Crippen LogP contribution is 2.25. The lowest BCUT2D eigenvalue weighted by molar-refractivity contribution is -0.142. The van der Waals surface area contributed by atoms with Gasteiger partial charge >= 0.3 is 5.97 Å². The van der Waals surface area contributed by atoms with E-state index in [1.54, 1.807) is 0 Å². The molecule has 1 rings (SSSR count). The number of carbonyl (C=O) groups is 3. The number of aliphatic carboxylic acids is 1. The SMILES string of the molecule is CC(C)(C(N)=O)N1CC(C(=O)O)CC1=O. The molecule has 6 nitrogen and oxygen atoms in total. The van der Waals surface area contributed by atoms with Crippen molar-refractivity contribution in [1.82, 2.24) is 4.90 Å². The van der Waals surface area contributed by atoms with Crippen molar-refractivity contribution in [3.05, 3.63) is 0 Å². The molecule has 1 aliphatic heterocycles. The van der Waals surface area contributed by atoms with Crippen molar-refractivity contribution in [2.45, 2.75) is 25.8 Å². The number of likely N-dealkylation sites (tertiary alicyclic amines) is 1. The number of amides is 2. The van der Waals surface area contributed by atoms with Gasteiger partial charge in [0.25, 0.3) is 0 Å². The van der Waals surface area contributed by atoms with E-state index in [0.29, 0.717) is 0 Å². The fourth-order valence-electron chi connectivity index (χ4n) is 1.55.